The monoisotopic (exact) mass is 334 g/mol. The fourth-order valence-electron chi connectivity index (χ4n) is 1.65. The Bertz CT molecular complexity index is 630. The summed E-state index contributed by atoms with van der Waals surface area (Å²) >= 11 is 3.38. The highest BCUT2D eigenvalue weighted by molar-refractivity contribution is 9.10. The molecular formula is C14H15BrN4O. The molecule has 0 unspecified atom stereocenters. The van der Waals surface area contributed by atoms with Crippen molar-refractivity contribution in [2.24, 2.45) is 0 Å². The normalized spacial score (nSPS) is 10.2. The standard InChI is InChI=1S/C14H15BrN4O/c1-3-16-13-8-10(6-7-17-13)14(20)19-12-5-4-11(15)9(2)18-12/h4-8H,3H2,1-2H3,(H,16,17)(H,18,19,20). The Labute approximate surface area is 126 Å². The molecule has 0 aliphatic carbocycles. The molecule has 2 aromatic rings. The van der Waals surface area contributed by atoms with E-state index in [-0.39, 0.29) is 5.91 Å². The van der Waals surface area contributed by atoms with Crippen LogP contribution in [0.4, 0.5) is 11.6 Å². The van der Waals surface area contributed by atoms with E-state index in [0.29, 0.717) is 17.2 Å². The molecule has 0 spiro atoms. The van der Waals surface area contributed by atoms with Crippen LogP contribution < -0.4 is 10.6 Å². The summed E-state index contributed by atoms with van der Waals surface area (Å²) < 4.78 is 0.911. The number of nitrogens with one attached hydrogen (secondary N) is 2. The lowest BCUT2D eigenvalue weighted by Gasteiger charge is -2.07. The molecule has 0 atom stereocenters. The zero-order chi connectivity index (χ0) is 14.5. The van der Waals surface area contributed by atoms with Gasteiger partial charge >= 0.3 is 0 Å². The third kappa shape index (κ3) is 3.54. The van der Waals surface area contributed by atoms with E-state index in [1.54, 1.807) is 24.4 Å². The van der Waals surface area contributed by atoms with Crippen molar-refractivity contribution in [2.45, 2.75) is 13.8 Å². The first kappa shape index (κ1) is 14.5. The van der Waals surface area contributed by atoms with Crippen LogP contribution in [-0.4, -0.2) is 22.4 Å². The molecule has 0 saturated carbocycles. The molecule has 2 aromatic heterocycles. The van der Waals surface area contributed by atoms with Crippen molar-refractivity contribution in [3.05, 3.63) is 46.2 Å². The molecule has 20 heavy (non-hydrogen) atoms. The van der Waals surface area contributed by atoms with E-state index in [2.05, 4.69) is 36.5 Å². The number of carbonyl (C=O) groups is 1. The average Bonchev–Trinajstić information content (AvgIpc) is 2.43. The molecule has 104 valence electrons. The Kier molecular flexibility index (Phi) is 4.68. The smallest absolute Gasteiger partial charge is 0.257 e. The number of rotatable bonds is 4. The van der Waals surface area contributed by atoms with E-state index in [0.717, 1.165) is 16.7 Å². The van der Waals surface area contributed by atoms with Crippen LogP contribution in [0, 0.1) is 6.92 Å². The molecule has 1 amide bonds. The molecule has 2 N–H and O–H groups in total. The molecule has 2 heterocycles. The Balaban J connectivity index is 2.15. The molecule has 0 aliphatic rings. The molecule has 0 aliphatic heterocycles. The highest BCUT2D eigenvalue weighted by Crippen LogP contribution is 2.17. The summed E-state index contributed by atoms with van der Waals surface area (Å²) in [6.45, 7) is 4.60. The maximum Gasteiger partial charge on any atom is 0.257 e. The van der Waals surface area contributed by atoms with Gasteiger partial charge in [-0.3, -0.25) is 4.79 Å². The van der Waals surface area contributed by atoms with Gasteiger partial charge in [-0.1, -0.05) is 0 Å². The second-order valence-electron chi connectivity index (χ2n) is 4.18. The average molecular weight is 335 g/mol. The molecule has 5 nitrogen and oxygen atoms in total. The molecule has 0 aromatic carbocycles. The fourth-order valence-corrected chi connectivity index (χ4v) is 1.87. The zero-order valence-electron chi connectivity index (χ0n) is 11.3. The minimum Gasteiger partial charge on any atom is -0.370 e. The quantitative estimate of drug-likeness (QED) is 0.900. The molecule has 0 radical (unpaired) electrons. The summed E-state index contributed by atoms with van der Waals surface area (Å²) in [6, 6.07) is 6.99. The van der Waals surface area contributed by atoms with Crippen LogP contribution in [0.5, 0.6) is 0 Å². The number of nitrogens with zero attached hydrogens (tertiary/aromatic N) is 2. The second kappa shape index (κ2) is 6.47. The van der Waals surface area contributed by atoms with Gasteiger partial charge in [-0.25, -0.2) is 9.97 Å². The topological polar surface area (TPSA) is 66.9 Å². The van der Waals surface area contributed by atoms with Gasteiger partial charge in [0.2, 0.25) is 0 Å². The van der Waals surface area contributed by atoms with E-state index in [1.807, 2.05) is 19.9 Å². The minimum atomic E-state index is -0.208. The van der Waals surface area contributed by atoms with Gasteiger partial charge in [0.25, 0.3) is 5.91 Å². The van der Waals surface area contributed by atoms with E-state index in [1.165, 1.54) is 0 Å². The van der Waals surface area contributed by atoms with Crippen molar-refractivity contribution in [1.29, 1.82) is 0 Å². The van der Waals surface area contributed by atoms with Gasteiger partial charge in [0.05, 0.1) is 5.69 Å². The summed E-state index contributed by atoms with van der Waals surface area (Å²) in [5, 5.41) is 5.84. The van der Waals surface area contributed by atoms with Crippen LogP contribution in [0.2, 0.25) is 0 Å². The number of aromatic nitrogens is 2. The molecule has 0 bridgehead atoms. The molecule has 2 rings (SSSR count). The Hall–Kier alpha value is -1.95. The van der Waals surface area contributed by atoms with Crippen LogP contribution in [0.15, 0.2) is 34.9 Å². The van der Waals surface area contributed by atoms with Gasteiger partial charge in [0.15, 0.2) is 0 Å². The lowest BCUT2D eigenvalue weighted by molar-refractivity contribution is 0.102. The van der Waals surface area contributed by atoms with Gasteiger partial charge in [0, 0.05) is 22.8 Å². The van der Waals surface area contributed by atoms with E-state index < -0.39 is 0 Å². The van der Waals surface area contributed by atoms with Crippen molar-refractivity contribution >= 4 is 33.5 Å². The number of anilines is 2. The van der Waals surface area contributed by atoms with E-state index in [4.69, 9.17) is 0 Å². The zero-order valence-corrected chi connectivity index (χ0v) is 12.9. The molecule has 6 heteroatoms. The SMILES string of the molecule is CCNc1cc(C(=O)Nc2ccc(Br)c(C)n2)ccn1. The summed E-state index contributed by atoms with van der Waals surface area (Å²) in [5.41, 5.74) is 1.36. The number of aryl methyl sites for hydroxylation is 1. The van der Waals surface area contributed by atoms with Crippen molar-refractivity contribution < 1.29 is 4.79 Å². The van der Waals surface area contributed by atoms with Crippen molar-refractivity contribution in [2.75, 3.05) is 17.2 Å². The third-order valence-electron chi connectivity index (χ3n) is 2.64. The summed E-state index contributed by atoms with van der Waals surface area (Å²) in [7, 11) is 0. The van der Waals surface area contributed by atoms with Gasteiger partial charge in [-0.15, -0.1) is 0 Å². The van der Waals surface area contributed by atoms with Crippen molar-refractivity contribution in [3.63, 3.8) is 0 Å². The Morgan fingerprint density at radius 2 is 2.10 bits per heavy atom. The predicted octanol–water partition coefficient (Wildman–Crippen LogP) is 3.23. The number of carbonyl (C=O) groups excluding carboxylic acids is 1. The number of amides is 1. The predicted molar refractivity (Wildman–Crippen MR) is 83.0 cm³/mol. The lowest BCUT2D eigenvalue weighted by Crippen LogP contribution is -2.14. The van der Waals surface area contributed by atoms with Crippen LogP contribution in [-0.2, 0) is 0 Å². The lowest BCUT2D eigenvalue weighted by atomic mass is 10.2. The molecule has 0 fully saturated rings. The highest BCUT2D eigenvalue weighted by Gasteiger charge is 2.08. The van der Waals surface area contributed by atoms with Crippen LogP contribution in [0.25, 0.3) is 0 Å². The van der Waals surface area contributed by atoms with Gasteiger partial charge in [-0.2, -0.15) is 0 Å². The molecule has 0 saturated heterocycles. The van der Waals surface area contributed by atoms with E-state index >= 15 is 0 Å². The summed E-state index contributed by atoms with van der Waals surface area (Å²) in [4.78, 5) is 20.6. The largest absolute Gasteiger partial charge is 0.370 e. The first-order chi connectivity index (χ1) is 9.60. The number of halogens is 1. The van der Waals surface area contributed by atoms with Crippen molar-refractivity contribution in [1.82, 2.24) is 9.97 Å². The van der Waals surface area contributed by atoms with Crippen LogP contribution in [0.1, 0.15) is 23.0 Å². The number of hydrogen-bond donors (Lipinski definition) is 2. The maximum absolute atomic E-state index is 12.1. The number of pyridine rings is 2. The summed E-state index contributed by atoms with van der Waals surface area (Å²) in [6.07, 6.45) is 1.60. The Morgan fingerprint density at radius 1 is 1.30 bits per heavy atom. The second-order valence-corrected chi connectivity index (χ2v) is 5.03. The molecular weight excluding hydrogens is 320 g/mol. The van der Waals surface area contributed by atoms with Gasteiger partial charge < -0.3 is 10.6 Å². The fraction of sp³-hybridized carbons (Fsp3) is 0.214. The van der Waals surface area contributed by atoms with Crippen LogP contribution >= 0.6 is 15.9 Å². The summed E-state index contributed by atoms with van der Waals surface area (Å²) in [5.74, 6) is 0.999. The number of hydrogen-bond acceptors (Lipinski definition) is 4. The van der Waals surface area contributed by atoms with E-state index in [9.17, 15) is 4.79 Å². The van der Waals surface area contributed by atoms with Gasteiger partial charge in [-0.05, 0) is 54.0 Å². The Morgan fingerprint density at radius 3 is 2.80 bits per heavy atom. The maximum atomic E-state index is 12.1. The van der Waals surface area contributed by atoms with Gasteiger partial charge in [0.1, 0.15) is 11.6 Å². The minimum absolute atomic E-state index is 0.208. The highest BCUT2D eigenvalue weighted by atomic mass is 79.9. The first-order valence-corrected chi connectivity index (χ1v) is 7.04. The van der Waals surface area contributed by atoms with Crippen LogP contribution in [0.3, 0.4) is 0 Å². The third-order valence-corrected chi connectivity index (χ3v) is 3.48. The van der Waals surface area contributed by atoms with Crippen molar-refractivity contribution in [3.8, 4) is 0 Å². The first-order valence-electron chi connectivity index (χ1n) is 6.24.